The fraction of sp³-hybridized carbons (Fsp3) is 0.588. The van der Waals surface area contributed by atoms with E-state index in [9.17, 15) is 9.90 Å². The van der Waals surface area contributed by atoms with Gasteiger partial charge in [0.15, 0.2) is 0 Å². The van der Waals surface area contributed by atoms with Gasteiger partial charge < -0.3 is 9.84 Å². The fourth-order valence-electron chi connectivity index (χ4n) is 3.84. The first kappa shape index (κ1) is 13.5. The molecule has 20 heavy (non-hydrogen) atoms. The number of carboxylic acid groups (broad SMARTS) is 1. The molecule has 3 atom stereocenters. The minimum Gasteiger partial charge on any atom is -0.493 e. The summed E-state index contributed by atoms with van der Waals surface area (Å²) in [5.41, 5.74) is 1.27. The average Bonchev–Trinajstić information content (AvgIpc) is 2.48. The predicted molar refractivity (Wildman–Crippen MR) is 77.0 cm³/mol. The van der Waals surface area contributed by atoms with Gasteiger partial charge >= 0.3 is 5.97 Å². The molecule has 0 radical (unpaired) electrons. The summed E-state index contributed by atoms with van der Waals surface area (Å²) in [5, 5.41) is 9.41. The lowest BCUT2D eigenvalue weighted by Gasteiger charge is -2.34. The largest absolute Gasteiger partial charge is 0.493 e. The molecule has 1 aliphatic heterocycles. The molecule has 1 aromatic rings. The third kappa shape index (κ3) is 2.67. The number of ether oxygens (including phenoxy) is 1. The zero-order valence-electron chi connectivity index (χ0n) is 11.8. The van der Waals surface area contributed by atoms with Crippen molar-refractivity contribution in [1.82, 2.24) is 0 Å². The summed E-state index contributed by atoms with van der Waals surface area (Å²) in [4.78, 5) is 11.4. The van der Waals surface area contributed by atoms with E-state index in [4.69, 9.17) is 4.74 Å². The predicted octanol–water partition coefficient (Wildman–Crippen LogP) is 3.83. The number of carboxylic acids is 1. The highest BCUT2D eigenvalue weighted by Gasteiger charge is 2.34. The van der Waals surface area contributed by atoms with Gasteiger partial charge in [-0.15, -0.1) is 0 Å². The van der Waals surface area contributed by atoms with Crippen LogP contribution in [0.3, 0.4) is 0 Å². The van der Waals surface area contributed by atoms with E-state index < -0.39 is 5.97 Å². The number of para-hydroxylation sites is 1. The lowest BCUT2D eigenvalue weighted by atomic mass is 9.73. The number of rotatable bonds is 3. The van der Waals surface area contributed by atoms with Crippen LogP contribution in [-0.2, 0) is 4.79 Å². The van der Waals surface area contributed by atoms with Crippen molar-refractivity contribution in [3.05, 3.63) is 29.8 Å². The maximum Gasteiger partial charge on any atom is 0.306 e. The van der Waals surface area contributed by atoms with E-state index in [1.54, 1.807) is 0 Å². The summed E-state index contributed by atoms with van der Waals surface area (Å²) in [6.45, 7) is 0.756. The standard InChI is InChI=1S/C17H22O3/c18-17(19)15-7-2-1-5-12(15)11-13-9-10-20-16-8-4-3-6-14(13)16/h3-4,6,8,12-13,15H,1-2,5,7,9-11H2,(H,18,19). The molecule has 1 fully saturated rings. The minimum absolute atomic E-state index is 0.140. The molecule has 0 spiro atoms. The monoisotopic (exact) mass is 274 g/mol. The molecular formula is C17H22O3. The van der Waals surface area contributed by atoms with Crippen LogP contribution in [-0.4, -0.2) is 17.7 Å². The highest BCUT2D eigenvalue weighted by molar-refractivity contribution is 5.70. The maximum absolute atomic E-state index is 11.4. The van der Waals surface area contributed by atoms with Crippen LogP contribution in [0.4, 0.5) is 0 Å². The highest BCUT2D eigenvalue weighted by atomic mass is 16.5. The van der Waals surface area contributed by atoms with Crippen LogP contribution in [0.5, 0.6) is 5.75 Å². The van der Waals surface area contributed by atoms with Gasteiger partial charge in [-0.25, -0.2) is 0 Å². The Morgan fingerprint density at radius 2 is 2.00 bits per heavy atom. The van der Waals surface area contributed by atoms with Gasteiger partial charge in [-0.2, -0.15) is 0 Å². The van der Waals surface area contributed by atoms with Crippen LogP contribution < -0.4 is 4.74 Å². The quantitative estimate of drug-likeness (QED) is 0.911. The zero-order valence-corrected chi connectivity index (χ0v) is 11.8. The first-order valence-electron chi connectivity index (χ1n) is 7.70. The molecule has 1 aromatic carbocycles. The lowest BCUT2D eigenvalue weighted by molar-refractivity contribution is -0.145. The van der Waals surface area contributed by atoms with E-state index >= 15 is 0 Å². The Balaban J connectivity index is 1.76. The van der Waals surface area contributed by atoms with E-state index in [1.807, 2.05) is 12.1 Å². The Hall–Kier alpha value is -1.51. The van der Waals surface area contributed by atoms with Crippen LogP contribution in [0.2, 0.25) is 0 Å². The lowest BCUT2D eigenvalue weighted by Crippen LogP contribution is -2.29. The summed E-state index contributed by atoms with van der Waals surface area (Å²) < 4.78 is 5.70. The van der Waals surface area contributed by atoms with Gasteiger partial charge in [-0.3, -0.25) is 4.79 Å². The molecule has 3 rings (SSSR count). The highest BCUT2D eigenvalue weighted by Crippen LogP contribution is 2.42. The van der Waals surface area contributed by atoms with Crippen molar-refractivity contribution in [3.8, 4) is 5.75 Å². The number of aliphatic carboxylic acids is 1. The van der Waals surface area contributed by atoms with Gasteiger partial charge in [0.2, 0.25) is 0 Å². The van der Waals surface area contributed by atoms with Gasteiger partial charge in [-0.05, 0) is 49.1 Å². The zero-order chi connectivity index (χ0) is 13.9. The summed E-state index contributed by atoms with van der Waals surface area (Å²) in [7, 11) is 0. The summed E-state index contributed by atoms with van der Waals surface area (Å²) in [6, 6.07) is 8.22. The molecule has 108 valence electrons. The minimum atomic E-state index is -0.602. The molecule has 0 bridgehead atoms. The molecule has 3 unspecified atom stereocenters. The first-order chi connectivity index (χ1) is 9.75. The van der Waals surface area contributed by atoms with E-state index in [0.717, 1.165) is 44.5 Å². The van der Waals surface area contributed by atoms with Crippen LogP contribution >= 0.6 is 0 Å². The van der Waals surface area contributed by atoms with Crippen LogP contribution in [0.25, 0.3) is 0 Å². The molecule has 3 heteroatoms. The molecule has 1 heterocycles. The first-order valence-corrected chi connectivity index (χ1v) is 7.70. The van der Waals surface area contributed by atoms with Crippen LogP contribution in [0.15, 0.2) is 24.3 Å². The van der Waals surface area contributed by atoms with E-state index in [1.165, 1.54) is 12.0 Å². The van der Waals surface area contributed by atoms with Crippen molar-refractivity contribution in [1.29, 1.82) is 0 Å². The second-order valence-electron chi connectivity index (χ2n) is 6.10. The van der Waals surface area contributed by atoms with E-state index in [2.05, 4.69) is 12.1 Å². The molecule has 0 amide bonds. The van der Waals surface area contributed by atoms with Gasteiger partial charge in [0.25, 0.3) is 0 Å². The number of carbonyl (C=O) groups is 1. The van der Waals surface area contributed by atoms with Crippen molar-refractivity contribution in [3.63, 3.8) is 0 Å². The van der Waals surface area contributed by atoms with Crippen molar-refractivity contribution < 1.29 is 14.6 Å². The molecule has 1 aliphatic carbocycles. The number of hydrogen-bond donors (Lipinski definition) is 1. The van der Waals surface area contributed by atoms with Crippen LogP contribution in [0, 0.1) is 11.8 Å². The third-order valence-electron chi connectivity index (χ3n) is 4.90. The summed E-state index contributed by atoms with van der Waals surface area (Å²) in [6.07, 6.45) is 6.18. The smallest absolute Gasteiger partial charge is 0.306 e. The Labute approximate surface area is 120 Å². The number of fused-ring (bicyclic) bond motifs is 1. The van der Waals surface area contributed by atoms with Gasteiger partial charge in [0.1, 0.15) is 5.75 Å². The molecule has 1 N–H and O–H groups in total. The molecule has 1 saturated carbocycles. The third-order valence-corrected chi connectivity index (χ3v) is 4.90. The van der Waals surface area contributed by atoms with Crippen molar-refractivity contribution in [2.45, 2.75) is 44.4 Å². The van der Waals surface area contributed by atoms with Crippen molar-refractivity contribution in [2.24, 2.45) is 11.8 Å². The fourth-order valence-corrected chi connectivity index (χ4v) is 3.84. The number of benzene rings is 1. The second kappa shape index (κ2) is 5.86. The Bertz CT molecular complexity index is 483. The molecular weight excluding hydrogens is 252 g/mol. The summed E-state index contributed by atoms with van der Waals surface area (Å²) >= 11 is 0. The second-order valence-corrected chi connectivity index (χ2v) is 6.10. The summed E-state index contributed by atoms with van der Waals surface area (Å²) in [5.74, 6) is 1.04. The number of hydrogen-bond acceptors (Lipinski definition) is 2. The Morgan fingerprint density at radius 3 is 2.85 bits per heavy atom. The SMILES string of the molecule is O=C(O)C1CCCCC1CC1CCOc2ccccc21. The van der Waals surface area contributed by atoms with Crippen molar-refractivity contribution >= 4 is 5.97 Å². The van der Waals surface area contributed by atoms with E-state index in [-0.39, 0.29) is 5.92 Å². The molecule has 2 aliphatic rings. The topological polar surface area (TPSA) is 46.5 Å². The van der Waals surface area contributed by atoms with E-state index in [0.29, 0.717) is 11.8 Å². The Kier molecular flexibility index (Phi) is 3.95. The van der Waals surface area contributed by atoms with Gasteiger partial charge in [0.05, 0.1) is 12.5 Å². The van der Waals surface area contributed by atoms with Crippen LogP contribution in [0.1, 0.15) is 50.0 Å². The van der Waals surface area contributed by atoms with Gasteiger partial charge in [0, 0.05) is 0 Å². The molecule has 0 saturated heterocycles. The van der Waals surface area contributed by atoms with Gasteiger partial charge in [-0.1, -0.05) is 31.0 Å². The normalized spacial score (nSPS) is 29.3. The average molecular weight is 274 g/mol. The molecule has 0 aromatic heterocycles. The molecule has 3 nitrogen and oxygen atoms in total. The Morgan fingerprint density at radius 1 is 1.20 bits per heavy atom. The maximum atomic E-state index is 11.4. The van der Waals surface area contributed by atoms with Crippen molar-refractivity contribution in [2.75, 3.05) is 6.61 Å².